The average molecular weight is 211 g/mol. The topological polar surface area (TPSA) is 29.5 Å². The maximum atomic E-state index is 11.5. The fraction of sp³-hybridized carbons (Fsp3) is 0.300. The Labute approximate surface area is 88.3 Å². The molecule has 1 aromatic rings. The summed E-state index contributed by atoms with van der Waals surface area (Å²) in [6, 6.07) is 7.09. The monoisotopic (exact) mass is 211 g/mol. The first kappa shape index (κ1) is 10.9. The average Bonchev–Trinajstić information content (AvgIpc) is 2.18. The molecule has 0 spiro atoms. The Hall–Kier alpha value is -1.16. The Morgan fingerprint density at radius 3 is 2.29 bits per heavy atom. The van der Waals surface area contributed by atoms with Crippen molar-refractivity contribution in [3.8, 4) is 5.75 Å². The van der Waals surface area contributed by atoms with Gasteiger partial charge < -0.3 is 9.08 Å². The van der Waals surface area contributed by atoms with Crippen LogP contribution in [0.5, 0.6) is 5.75 Å². The minimum atomic E-state index is 0.000650. The van der Waals surface area contributed by atoms with Gasteiger partial charge in [0, 0.05) is 25.9 Å². The maximum Gasteiger partial charge on any atom is 0.253 e. The van der Waals surface area contributed by atoms with E-state index in [0.29, 0.717) is 5.56 Å². The predicted octanol–water partition coefficient (Wildman–Crippen LogP) is 2.05. The quantitative estimate of drug-likeness (QED) is 0.717. The summed E-state index contributed by atoms with van der Waals surface area (Å²) in [7, 11) is 3.46. The fourth-order valence-corrected chi connectivity index (χ4v) is 1.31. The zero-order valence-corrected chi connectivity index (χ0v) is 9.30. The van der Waals surface area contributed by atoms with E-state index in [1.165, 1.54) is 12.0 Å². The van der Waals surface area contributed by atoms with E-state index >= 15 is 0 Å². The van der Waals surface area contributed by atoms with E-state index in [4.69, 9.17) is 4.18 Å². The van der Waals surface area contributed by atoms with E-state index in [1.807, 2.05) is 6.26 Å². The van der Waals surface area contributed by atoms with E-state index in [0.717, 1.165) is 5.75 Å². The first-order chi connectivity index (χ1) is 6.65. The molecular weight excluding hydrogens is 198 g/mol. The standard InChI is InChI=1S/C10H13NO2S/c1-11(2)10(12)8-4-6-9(7-5-8)13-14-3/h4-7H,1-3H3. The van der Waals surface area contributed by atoms with Crippen molar-refractivity contribution in [2.75, 3.05) is 20.4 Å². The van der Waals surface area contributed by atoms with Crippen molar-refractivity contribution in [1.82, 2.24) is 4.90 Å². The van der Waals surface area contributed by atoms with E-state index in [2.05, 4.69) is 0 Å². The van der Waals surface area contributed by atoms with E-state index < -0.39 is 0 Å². The molecule has 76 valence electrons. The van der Waals surface area contributed by atoms with E-state index in [1.54, 1.807) is 43.3 Å². The van der Waals surface area contributed by atoms with Crippen LogP contribution in [0.4, 0.5) is 0 Å². The van der Waals surface area contributed by atoms with Gasteiger partial charge in [-0.1, -0.05) is 0 Å². The maximum absolute atomic E-state index is 11.5. The Balaban J connectivity index is 2.78. The predicted molar refractivity (Wildman–Crippen MR) is 58.6 cm³/mol. The van der Waals surface area contributed by atoms with Crippen LogP contribution in [-0.2, 0) is 0 Å². The second-order valence-corrected chi connectivity index (χ2v) is 3.47. The molecule has 0 aliphatic heterocycles. The second kappa shape index (κ2) is 4.91. The van der Waals surface area contributed by atoms with Gasteiger partial charge in [0.05, 0.1) is 12.0 Å². The Bertz CT molecular complexity index is 308. The van der Waals surface area contributed by atoms with Crippen molar-refractivity contribution in [3.05, 3.63) is 29.8 Å². The third-order valence-electron chi connectivity index (χ3n) is 1.69. The molecule has 0 aliphatic rings. The molecule has 0 aromatic heterocycles. The highest BCUT2D eigenvalue weighted by molar-refractivity contribution is 7.94. The summed E-state index contributed by atoms with van der Waals surface area (Å²) in [6.45, 7) is 0. The van der Waals surface area contributed by atoms with Gasteiger partial charge in [-0.05, 0) is 24.3 Å². The molecular formula is C10H13NO2S. The molecule has 0 fully saturated rings. The van der Waals surface area contributed by atoms with Gasteiger partial charge in [-0.3, -0.25) is 4.79 Å². The van der Waals surface area contributed by atoms with E-state index in [-0.39, 0.29) is 5.91 Å². The lowest BCUT2D eigenvalue weighted by Gasteiger charge is -2.10. The smallest absolute Gasteiger partial charge is 0.253 e. The van der Waals surface area contributed by atoms with Crippen molar-refractivity contribution in [2.45, 2.75) is 0 Å². The molecule has 1 amide bonds. The van der Waals surface area contributed by atoms with Gasteiger partial charge >= 0.3 is 0 Å². The molecule has 1 aromatic carbocycles. The molecule has 0 aliphatic carbocycles. The highest BCUT2D eigenvalue weighted by atomic mass is 32.2. The fourth-order valence-electron chi connectivity index (χ4n) is 1.01. The van der Waals surface area contributed by atoms with Crippen LogP contribution in [0.25, 0.3) is 0 Å². The molecule has 0 saturated heterocycles. The van der Waals surface area contributed by atoms with Crippen LogP contribution < -0.4 is 4.18 Å². The van der Waals surface area contributed by atoms with Crippen molar-refractivity contribution in [2.24, 2.45) is 0 Å². The molecule has 14 heavy (non-hydrogen) atoms. The van der Waals surface area contributed by atoms with Gasteiger partial charge in [0.25, 0.3) is 5.91 Å². The van der Waals surface area contributed by atoms with Crippen molar-refractivity contribution in [1.29, 1.82) is 0 Å². The molecule has 0 bridgehead atoms. The number of hydrogen-bond donors (Lipinski definition) is 0. The molecule has 0 atom stereocenters. The minimum Gasteiger partial charge on any atom is -0.426 e. The van der Waals surface area contributed by atoms with Crippen molar-refractivity contribution >= 4 is 17.9 Å². The number of hydrogen-bond acceptors (Lipinski definition) is 3. The van der Waals surface area contributed by atoms with Gasteiger partial charge in [-0.25, -0.2) is 0 Å². The summed E-state index contributed by atoms with van der Waals surface area (Å²) in [5, 5.41) is 0. The van der Waals surface area contributed by atoms with Gasteiger partial charge in [-0.2, -0.15) is 0 Å². The second-order valence-electron chi connectivity index (χ2n) is 2.97. The van der Waals surface area contributed by atoms with E-state index in [9.17, 15) is 4.79 Å². The summed E-state index contributed by atoms with van der Waals surface area (Å²) in [6.07, 6.45) is 1.85. The summed E-state index contributed by atoms with van der Waals surface area (Å²) in [5.41, 5.74) is 0.670. The van der Waals surface area contributed by atoms with Crippen LogP contribution in [0.15, 0.2) is 24.3 Å². The van der Waals surface area contributed by atoms with Gasteiger partial charge in [0.15, 0.2) is 0 Å². The zero-order chi connectivity index (χ0) is 10.6. The number of benzene rings is 1. The third-order valence-corrected chi connectivity index (χ3v) is 2.05. The highest BCUT2D eigenvalue weighted by Crippen LogP contribution is 2.16. The number of nitrogens with zero attached hydrogens (tertiary/aromatic N) is 1. The molecule has 0 heterocycles. The van der Waals surface area contributed by atoms with Gasteiger partial charge in [0.2, 0.25) is 0 Å². The Morgan fingerprint density at radius 2 is 1.86 bits per heavy atom. The molecule has 0 saturated carbocycles. The van der Waals surface area contributed by atoms with Crippen LogP contribution >= 0.6 is 12.0 Å². The van der Waals surface area contributed by atoms with Crippen LogP contribution in [0, 0.1) is 0 Å². The van der Waals surface area contributed by atoms with Crippen LogP contribution in [0.3, 0.4) is 0 Å². The first-order valence-corrected chi connectivity index (χ1v) is 5.32. The van der Waals surface area contributed by atoms with Crippen molar-refractivity contribution in [3.63, 3.8) is 0 Å². The Kier molecular flexibility index (Phi) is 3.83. The normalized spacial score (nSPS) is 9.64. The first-order valence-electron chi connectivity index (χ1n) is 4.17. The summed E-state index contributed by atoms with van der Waals surface area (Å²) >= 11 is 1.28. The van der Waals surface area contributed by atoms with Crippen LogP contribution in [0.1, 0.15) is 10.4 Å². The number of carbonyl (C=O) groups excluding carboxylic acids is 1. The summed E-state index contributed by atoms with van der Waals surface area (Å²) in [4.78, 5) is 13.0. The number of carbonyl (C=O) groups is 1. The molecule has 1 rings (SSSR count). The molecule has 4 heteroatoms. The third kappa shape index (κ3) is 2.67. The van der Waals surface area contributed by atoms with Crippen LogP contribution in [-0.4, -0.2) is 31.2 Å². The minimum absolute atomic E-state index is 0.000650. The largest absolute Gasteiger partial charge is 0.426 e. The van der Waals surface area contributed by atoms with Crippen molar-refractivity contribution < 1.29 is 8.98 Å². The lowest BCUT2D eigenvalue weighted by Crippen LogP contribution is -2.21. The molecule has 3 nitrogen and oxygen atoms in total. The number of rotatable bonds is 3. The molecule has 0 radical (unpaired) electrons. The SMILES string of the molecule is CSOc1ccc(C(=O)N(C)C)cc1. The molecule has 0 unspecified atom stereocenters. The van der Waals surface area contributed by atoms with Gasteiger partial charge in [-0.15, -0.1) is 0 Å². The Morgan fingerprint density at radius 1 is 1.29 bits per heavy atom. The van der Waals surface area contributed by atoms with Gasteiger partial charge in [0.1, 0.15) is 5.75 Å². The number of amides is 1. The molecule has 0 N–H and O–H groups in total. The zero-order valence-electron chi connectivity index (χ0n) is 8.48. The summed E-state index contributed by atoms with van der Waals surface area (Å²) < 4.78 is 5.19. The lowest BCUT2D eigenvalue weighted by molar-refractivity contribution is 0.0827. The lowest BCUT2D eigenvalue weighted by atomic mass is 10.2. The van der Waals surface area contributed by atoms with Crippen LogP contribution in [0.2, 0.25) is 0 Å². The summed E-state index contributed by atoms with van der Waals surface area (Å²) in [5.74, 6) is 0.758. The highest BCUT2D eigenvalue weighted by Gasteiger charge is 2.06.